The largest absolute Gasteiger partial charge is 0.347 e. The van der Waals surface area contributed by atoms with E-state index in [1.807, 2.05) is 0 Å². The Morgan fingerprint density at radius 3 is 2.17 bits per heavy atom. The first kappa shape index (κ1) is 17.1. The molecule has 0 spiro atoms. The van der Waals surface area contributed by atoms with Gasteiger partial charge >= 0.3 is 0 Å². The first-order valence-electron chi connectivity index (χ1n) is 6.70. The van der Waals surface area contributed by atoms with E-state index in [1.165, 1.54) is 6.07 Å². The zero-order chi connectivity index (χ0) is 16.8. The second kappa shape index (κ2) is 7.82. The van der Waals surface area contributed by atoms with Crippen LogP contribution in [0.3, 0.4) is 0 Å². The second-order valence-corrected chi connectivity index (χ2v) is 5.64. The van der Waals surface area contributed by atoms with Crippen LogP contribution in [0.5, 0.6) is 0 Å². The number of rotatable bonds is 5. The van der Waals surface area contributed by atoms with Crippen molar-refractivity contribution in [1.82, 2.24) is 5.32 Å². The summed E-state index contributed by atoms with van der Waals surface area (Å²) < 4.78 is 27.7. The van der Waals surface area contributed by atoms with E-state index in [0.29, 0.717) is 0 Å². The minimum Gasteiger partial charge on any atom is -0.347 e. The summed E-state index contributed by atoms with van der Waals surface area (Å²) in [7, 11) is 0. The maximum Gasteiger partial charge on any atom is 0.243 e. The van der Waals surface area contributed by atoms with Crippen LogP contribution in [0.25, 0.3) is 0 Å². The van der Waals surface area contributed by atoms with Crippen molar-refractivity contribution in [3.63, 3.8) is 0 Å². The molecule has 0 aliphatic heterocycles. The lowest BCUT2D eigenvalue weighted by molar-refractivity contribution is -0.123. The first-order valence-corrected chi connectivity index (χ1v) is 7.50. The molecule has 7 heteroatoms. The molecule has 0 aliphatic carbocycles. The Labute approximate surface area is 140 Å². The Kier molecular flexibility index (Phi) is 5.81. The first-order chi connectivity index (χ1) is 11.0. The molecule has 0 fully saturated rings. The van der Waals surface area contributed by atoms with Crippen LogP contribution < -0.4 is 10.6 Å². The predicted molar refractivity (Wildman–Crippen MR) is 85.8 cm³/mol. The number of para-hydroxylation sites is 1. The van der Waals surface area contributed by atoms with Crippen LogP contribution in [0.2, 0.25) is 0 Å². The number of benzene rings is 2. The fourth-order valence-electron chi connectivity index (χ4n) is 1.83. The lowest BCUT2D eigenvalue weighted by Gasteiger charge is -2.08. The van der Waals surface area contributed by atoms with E-state index in [9.17, 15) is 18.4 Å². The molecule has 0 heterocycles. The average molecular weight is 383 g/mol. The molecule has 2 aromatic rings. The lowest BCUT2D eigenvalue weighted by atomic mass is 10.1. The molecule has 2 aromatic carbocycles. The molecule has 2 rings (SSSR count). The third kappa shape index (κ3) is 5.14. The quantitative estimate of drug-likeness (QED) is 0.834. The summed E-state index contributed by atoms with van der Waals surface area (Å²) >= 11 is 3.29. The van der Waals surface area contributed by atoms with E-state index in [4.69, 9.17) is 0 Å². The zero-order valence-electron chi connectivity index (χ0n) is 11.9. The summed E-state index contributed by atoms with van der Waals surface area (Å²) in [5, 5.41) is 4.49. The van der Waals surface area contributed by atoms with Crippen molar-refractivity contribution >= 4 is 33.4 Å². The second-order valence-electron chi connectivity index (χ2n) is 4.72. The van der Waals surface area contributed by atoms with Gasteiger partial charge in [0.05, 0.1) is 13.0 Å². The number of hydrogen-bond donors (Lipinski definition) is 2. The van der Waals surface area contributed by atoms with Gasteiger partial charge in [0.25, 0.3) is 0 Å². The smallest absolute Gasteiger partial charge is 0.243 e. The number of amides is 2. The van der Waals surface area contributed by atoms with Gasteiger partial charge in [0, 0.05) is 4.47 Å². The van der Waals surface area contributed by atoms with Crippen molar-refractivity contribution in [2.75, 3.05) is 11.9 Å². The number of hydrogen-bond acceptors (Lipinski definition) is 2. The molecule has 0 radical (unpaired) electrons. The highest BCUT2D eigenvalue weighted by Gasteiger charge is 2.12. The molecule has 120 valence electrons. The Balaban J connectivity index is 1.84. The SMILES string of the molecule is O=C(Cc1ccc(Br)cc1)NCC(=O)Nc1c(F)cccc1F. The van der Waals surface area contributed by atoms with Gasteiger partial charge in [-0.15, -0.1) is 0 Å². The lowest BCUT2D eigenvalue weighted by Crippen LogP contribution is -2.34. The van der Waals surface area contributed by atoms with Gasteiger partial charge in [0.2, 0.25) is 11.8 Å². The number of anilines is 1. The van der Waals surface area contributed by atoms with Gasteiger partial charge in [0.15, 0.2) is 0 Å². The minimum absolute atomic E-state index is 0.106. The fraction of sp³-hybridized carbons (Fsp3) is 0.125. The van der Waals surface area contributed by atoms with E-state index in [1.54, 1.807) is 24.3 Å². The van der Waals surface area contributed by atoms with E-state index in [2.05, 4.69) is 26.6 Å². The minimum atomic E-state index is -0.875. The summed E-state index contributed by atoms with van der Waals surface area (Å²) in [6.07, 6.45) is 0.106. The van der Waals surface area contributed by atoms with Crippen molar-refractivity contribution in [3.8, 4) is 0 Å². The third-order valence-corrected chi connectivity index (χ3v) is 3.48. The Bertz CT molecular complexity index is 700. The molecule has 23 heavy (non-hydrogen) atoms. The average Bonchev–Trinajstić information content (AvgIpc) is 2.51. The molecule has 0 atom stereocenters. The molecule has 4 nitrogen and oxygen atoms in total. The van der Waals surface area contributed by atoms with Crippen molar-refractivity contribution in [3.05, 3.63) is 64.1 Å². The van der Waals surface area contributed by atoms with Gasteiger partial charge in [-0.05, 0) is 29.8 Å². The van der Waals surface area contributed by atoms with Crippen molar-refractivity contribution < 1.29 is 18.4 Å². The molecular formula is C16H13BrF2N2O2. The van der Waals surface area contributed by atoms with E-state index in [-0.39, 0.29) is 18.9 Å². The zero-order valence-corrected chi connectivity index (χ0v) is 13.5. The van der Waals surface area contributed by atoms with Crippen LogP contribution >= 0.6 is 15.9 Å². The normalized spacial score (nSPS) is 10.2. The molecule has 0 bridgehead atoms. The summed E-state index contributed by atoms with van der Waals surface area (Å²) in [5.74, 6) is -2.83. The monoisotopic (exact) mass is 382 g/mol. The van der Waals surface area contributed by atoms with Gasteiger partial charge in [0.1, 0.15) is 17.3 Å². The molecule has 2 N–H and O–H groups in total. The molecule has 0 aromatic heterocycles. The van der Waals surface area contributed by atoms with E-state index >= 15 is 0 Å². The molecule has 0 saturated carbocycles. The van der Waals surface area contributed by atoms with Gasteiger partial charge in [-0.25, -0.2) is 8.78 Å². The standard InChI is InChI=1S/C16H13BrF2N2O2/c17-11-6-4-10(5-7-11)8-14(22)20-9-15(23)21-16-12(18)2-1-3-13(16)19/h1-7H,8-9H2,(H,20,22)(H,21,23). The van der Waals surface area contributed by atoms with Crippen LogP contribution in [-0.4, -0.2) is 18.4 Å². The van der Waals surface area contributed by atoms with Gasteiger partial charge in [-0.1, -0.05) is 34.1 Å². The molecular weight excluding hydrogens is 370 g/mol. The number of carbonyl (C=O) groups excluding carboxylic acids is 2. The summed E-state index contributed by atoms with van der Waals surface area (Å²) in [5.41, 5.74) is 0.255. The van der Waals surface area contributed by atoms with Crippen LogP contribution in [0.15, 0.2) is 46.9 Å². The highest BCUT2D eigenvalue weighted by molar-refractivity contribution is 9.10. The highest BCUT2D eigenvalue weighted by atomic mass is 79.9. The van der Waals surface area contributed by atoms with Crippen LogP contribution in [0, 0.1) is 11.6 Å². The molecule has 0 aliphatic rings. The molecule has 0 unspecified atom stereocenters. The number of halogens is 3. The Morgan fingerprint density at radius 1 is 0.957 bits per heavy atom. The van der Waals surface area contributed by atoms with Crippen molar-refractivity contribution in [2.45, 2.75) is 6.42 Å². The van der Waals surface area contributed by atoms with Crippen molar-refractivity contribution in [2.24, 2.45) is 0 Å². The number of carbonyl (C=O) groups is 2. The maximum atomic E-state index is 13.4. The van der Waals surface area contributed by atoms with Crippen LogP contribution in [0.4, 0.5) is 14.5 Å². The fourth-order valence-corrected chi connectivity index (χ4v) is 2.09. The Hall–Kier alpha value is -2.28. The third-order valence-electron chi connectivity index (χ3n) is 2.95. The van der Waals surface area contributed by atoms with E-state index < -0.39 is 23.2 Å². The van der Waals surface area contributed by atoms with Crippen LogP contribution in [0.1, 0.15) is 5.56 Å². The Morgan fingerprint density at radius 2 is 1.57 bits per heavy atom. The van der Waals surface area contributed by atoms with Gasteiger partial charge in [-0.2, -0.15) is 0 Å². The molecule has 0 saturated heterocycles. The number of nitrogens with one attached hydrogen (secondary N) is 2. The topological polar surface area (TPSA) is 58.2 Å². The van der Waals surface area contributed by atoms with E-state index in [0.717, 1.165) is 22.2 Å². The highest BCUT2D eigenvalue weighted by Crippen LogP contribution is 2.17. The van der Waals surface area contributed by atoms with Gasteiger partial charge in [-0.3, -0.25) is 9.59 Å². The molecule has 2 amide bonds. The predicted octanol–water partition coefficient (Wildman–Crippen LogP) is 3.02. The van der Waals surface area contributed by atoms with Crippen molar-refractivity contribution in [1.29, 1.82) is 0 Å². The maximum absolute atomic E-state index is 13.4. The van der Waals surface area contributed by atoms with Crippen LogP contribution in [-0.2, 0) is 16.0 Å². The summed E-state index contributed by atoms with van der Waals surface area (Å²) in [6.45, 7) is -0.372. The summed E-state index contributed by atoms with van der Waals surface area (Å²) in [6, 6.07) is 10.4. The summed E-state index contributed by atoms with van der Waals surface area (Å²) in [4.78, 5) is 23.4. The van der Waals surface area contributed by atoms with Gasteiger partial charge < -0.3 is 10.6 Å².